The summed E-state index contributed by atoms with van der Waals surface area (Å²) in [6.07, 6.45) is 2.63. The molecule has 4 heteroatoms. The number of hydrogen-bond donors (Lipinski definition) is 2. The van der Waals surface area contributed by atoms with Gasteiger partial charge in [0, 0.05) is 18.4 Å². The Morgan fingerprint density at radius 1 is 0.846 bits per heavy atom. The lowest BCUT2D eigenvalue weighted by Gasteiger charge is -2.40. The van der Waals surface area contributed by atoms with Crippen LogP contribution in [0.4, 0.5) is 10.1 Å². The number of anilines is 1. The van der Waals surface area contributed by atoms with Crippen LogP contribution in [0.2, 0.25) is 0 Å². The Morgan fingerprint density at radius 2 is 1.50 bits per heavy atom. The van der Waals surface area contributed by atoms with Crippen LogP contribution < -0.4 is 14.7 Å². The number of hydrogen-bond acceptors (Lipinski definition) is 1. The monoisotopic (exact) mass is 355 g/mol. The Bertz CT molecular complexity index is 690. The molecule has 0 atom stereocenters. The van der Waals surface area contributed by atoms with Crippen molar-refractivity contribution in [2.45, 2.75) is 25.4 Å². The molecular weight excluding hydrogens is 325 g/mol. The molecule has 2 fully saturated rings. The van der Waals surface area contributed by atoms with Crippen molar-refractivity contribution in [2.75, 3.05) is 44.2 Å². The largest absolute Gasteiger partial charge is 0.358 e. The van der Waals surface area contributed by atoms with E-state index in [9.17, 15) is 4.39 Å². The molecule has 2 aliphatic heterocycles. The molecule has 0 radical (unpaired) electrons. The molecule has 3 nitrogen and oxygen atoms in total. The smallest absolute Gasteiger partial charge is 0.146 e. The van der Waals surface area contributed by atoms with Gasteiger partial charge in [-0.1, -0.05) is 42.5 Å². The zero-order chi connectivity index (χ0) is 17.8. The number of piperidine rings is 1. The second-order valence-electron chi connectivity index (χ2n) is 7.78. The molecule has 2 aromatic carbocycles. The predicted molar refractivity (Wildman–Crippen MR) is 103 cm³/mol. The van der Waals surface area contributed by atoms with Crippen molar-refractivity contribution in [3.8, 4) is 0 Å². The van der Waals surface area contributed by atoms with Gasteiger partial charge in [0.15, 0.2) is 0 Å². The van der Waals surface area contributed by atoms with Crippen molar-refractivity contribution < 1.29 is 14.2 Å². The molecule has 2 heterocycles. The number of piperazine rings is 1. The number of halogens is 1. The zero-order valence-corrected chi connectivity index (χ0v) is 15.5. The highest BCUT2D eigenvalue weighted by Crippen LogP contribution is 2.18. The van der Waals surface area contributed by atoms with Crippen molar-refractivity contribution in [1.82, 2.24) is 0 Å². The molecule has 2 saturated heterocycles. The molecular formula is C22H30FN3+2. The number of nitrogens with zero attached hydrogens (tertiary/aromatic N) is 1. The van der Waals surface area contributed by atoms with E-state index in [4.69, 9.17) is 0 Å². The van der Waals surface area contributed by atoms with Crippen LogP contribution in [0.5, 0.6) is 0 Å². The molecule has 2 aliphatic rings. The van der Waals surface area contributed by atoms with Gasteiger partial charge in [-0.15, -0.1) is 0 Å². The maximum atomic E-state index is 14.0. The Balaban J connectivity index is 1.25. The van der Waals surface area contributed by atoms with Gasteiger partial charge >= 0.3 is 0 Å². The summed E-state index contributed by atoms with van der Waals surface area (Å²) in [6.45, 7) is 7.91. The highest BCUT2D eigenvalue weighted by atomic mass is 19.1. The minimum atomic E-state index is -0.0891. The molecule has 0 spiro atoms. The van der Waals surface area contributed by atoms with Gasteiger partial charge in [0.25, 0.3) is 0 Å². The minimum absolute atomic E-state index is 0.0891. The van der Waals surface area contributed by atoms with Crippen molar-refractivity contribution in [1.29, 1.82) is 0 Å². The highest BCUT2D eigenvalue weighted by Gasteiger charge is 2.32. The second-order valence-corrected chi connectivity index (χ2v) is 7.78. The summed E-state index contributed by atoms with van der Waals surface area (Å²) in [7, 11) is 0. The van der Waals surface area contributed by atoms with E-state index in [-0.39, 0.29) is 5.82 Å². The Kier molecular flexibility index (Phi) is 5.51. The maximum Gasteiger partial charge on any atom is 0.146 e. The first-order valence-corrected chi connectivity index (χ1v) is 10.0. The van der Waals surface area contributed by atoms with E-state index in [1.807, 2.05) is 12.1 Å². The third-order valence-electron chi connectivity index (χ3n) is 6.17. The molecule has 2 aromatic rings. The summed E-state index contributed by atoms with van der Waals surface area (Å²) in [6, 6.07) is 18.8. The highest BCUT2D eigenvalue weighted by molar-refractivity contribution is 5.47. The van der Waals surface area contributed by atoms with E-state index >= 15 is 0 Å². The summed E-state index contributed by atoms with van der Waals surface area (Å²) in [5.74, 6) is -0.0891. The van der Waals surface area contributed by atoms with E-state index in [1.54, 1.807) is 21.9 Å². The second kappa shape index (κ2) is 8.19. The molecule has 0 unspecified atom stereocenters. The maximum absolute atomic E-state index is 14.0. The summed E-state index contributed by atoms with van der Waals surface area (Å²) < 4.78 is 14.0. The van der Waals surface area contributed by atoms with Gasteiger partial charge in [-0.3, -0.25) is 0 Å². The fourth-order valence-corrected chi connectivity index (χ4v) is 4.65. The number of nitrogens with one attached hydrogen (secondary N) is 2. The minimum Gasteiger partial charge on any atom is -0.358 e. The molecule has 0 bridgehead atoms. The van der Waals surface area contributed by atoms with Crippen LogP contribution in [0.15, 0.2) is 54.6 Å². The van der Waals surface area contributed by atoms with Gasteiger partial charge in [0.1, 0.15) is 12.4 Å². The fourth-order valence-electron chi connectivity index (χ4n) is 4.65. The van der Waals surface area contributed by atoms with Crippen molar-refractivity contribution in [3.05, 3.63) is 66.0 Å². The van der Waals surface area contributed by atoms with Gasteiger partial charge in [-0.05, 0) is 12.1 Å². The molecule has 26 heavy (non-hydrogen) atoms. The molecule has 0 aliphatic carbocycles. The van der Waals surface area contributed by atoms with Gasteiger partial charge in [0.2, 0.25) is 0 Å². The van der Waals surface area contributed by atoms with E-state index in [2.05, 4.69) is 35.2 Å². The lowest BCUT2D eigenvalue weighted by Crippen LogP contribution is -3.21. The van der Waals surface area contributed by atoms with E-state index in [0.29, 0.717) is 0 Å². The predicted octanol–water partition coefficient (Wildman–Crippen LogP) is 0.778. The first-order chi connectivity index (χ1) is 12.8. The van der Waals surface area contributed by atoms with Crippen LogP contribution in [-0.4, -0.2) is 45.3 Å². The lowest BCUT2D eigenvalue weighted by atomic mass is 10.0. The molecule has 0 aromatic heterocycles. The van der Waals surface area contributed by atoms with E-state index < -0.39 is 0 Å². The van der Waals surface area contributed by atoms with Crippen LogP contribution >= 0.6 is 0 Å². The SMILES string of the molecule is Fc1ccccc1N1CC[NH+](C2CC[NH+](Cc3ccccc3)CC2)CC1. The number of likely N-dealkylation sites (tertiary alicyclic amines) is 1. The normalized spacial score (nSPS) is 24.6. The summed E-state index contributed by atoms with van der Waals surface area (Å²) in [5, 5.41) is 0. The van der Waals surface area contributed by atoms with Crippen molar-refractivity contribution in [2.24, 2.45) is 0 Å². The van der Waals surface area contributed by atoms with Crippen LogP contribution in [0, 0.1) is 5.82 Å². The van der Waals surface area contributed by atoms with Gasteiger partial charge in [-0.25, -0.2) is 4.39 Å². The zero-order valence-electron chi connectivity index (χ0n) is 15.5. The van der Waals surface area contributed by atoms with Crippen molar-refractivity contribution in [3.63, 3.8) is 0 Å². The number of quaternary nitrogens is 2. The molecule has 2 N–H and O–H groups in total. The topological polar surface area (TPSA) is 12.1 Å². The van der Waals surface area contributed by atoms with Gasteiger partial charge in [-0.2, -0.15) is 0 Å². The summed E-state index contributed by atoms with van der Waals surface area (Å²) >= 11 is 0. The van der Waals surface area contributed by atoms with Crippen LogP contribution in [-0.2, 0) is 6.54 Å². The van der Waals surface area contributed by atoms with Gasteiger partial charge < -0.3 is 14.7 Å². The van der Waals surface area contributed by atoms with Crippen LogP contribution in [0.25, 0.3) is 0 Å². The first-order valence-electron chi connectivity index (χ1n) is 10.0. The fraction of sp³-hybridized carbons (Fsp3) is 0.455. The molecule has 4 rings (SSSR count). The van der Waals surface area contributed by atoms with Gasteiger partial charge in [0.05, 0.1) is 51.0 Å². The van der Waals surface area contributed by atoms with Crippen LogP contribution in [0.1, 0.15) is 18.4 Å². The lowest BCUT2D eigenvalue weighted by molar-refractivity contribution is -0.963. The van der Waals surface area contributed by atoms with Crippen molar-refractivity contribution >= 4 is 5.69 Å². The third kappa shape index (κ3) is 4.08. The quantitative estimate of drug-likeness (QED) is 0.826. The Morgan fingerprint density at radius 3 is 2.19 bits per heavy atom. The summed E-state index contributed by atoms with van der Waals surface area (Å²) in [4.78, 5) is 5.67. The first kappa shape index (κ1) is 17.5. The van der Waals surface area contributed by atoms with E-state index in [0.717, 1.165) is 44.5 Å². The standard InChI is InChI=1S/C22H28FN3/c23-21-8-4-5-9-22(21)26-16-14-25(15-17-26)20-10-12-24(13-11-20)18-19-6-2-1-3-7-19/h1-9,20H,10-18H2/p+2. The Labute approximate surface area is 156 Å². The number of rotatable bonds is 4. The number of benzene rings is 2. The summed E-state index contributed by atoms with van der Waals surface area (Å²) in [5.41, 5.74) is 2.22. The average molecular weight is 356 g/mol. The third-order valence-corrected chi connectivity index (χ3v) is 6.17. The molecule has 138 valence electrons. The van der Waals surface area contributed by atoms with E-state index in [1.165, 1.54) is 31.5 Å². The molecule has 0 saturated carbocycles. The Hall–Kier alpha value is -1.91. The average Bonchev–Trinajstić information content (AvgIpc) is 2.70. The molecule has 0 amide bonds. The van der Waals surface area contributed by atoms with Crippen LogP contribution in [0.3, 0.4) is 0 Å². The number of para-hydroxylation sites is 1.